The Morgan fingerprint density at radius 3 is 2.50 bits per heavy atom. The highest BCUT2D eigenvalue weighted by molar-refractivity contribution is 7.15. The van der Waals surface area contributed by atoms with Gasteiger partial charge < -0.3 is 9.47 Å². The summed E-state index contributed by atoms with van der Waals surface area (Å²) in [7, 11) is 0. The van der Waals surface area contributed by atoms with Crippen molar-refractivity contribution >= 4 is 22.6 Å². The SMILES string of the molecule is CC(C)(C)OC(=O)Nc1nnc(COCC(F)(F)F)s1. The fraction of sp³-hybridized carbons (Fsp3) is 0.700. The molecule has 0 fully saturated rings. The third-order valence-electron chi connectivity index (χ3n) is 1.57. The van der Waals surface area contributed by atoms with Gasteiger partial charge in [0.1, 0.15) is 23.8 Å². The molecule has 0 saturated carbocycles. The molecule has 6 nitrogen and oxygen atoms in total. The van der Waals surface area contributed by atoms with Gasteiger partial charge in [-0.1, -0.05) is 11.3 Å². The molecular formula is C10H14F3N3O3S. The minimum absolute atomic E-state index is 0.129. The number of carbonyl (C=O) groups is 1. The van der Waals surface area contributed by atoms with Crippen molar-refractivity contribution < 1.29 is 27.4 Å². The van der Waals surface area contributed by atoms with Crippen LogP contribution in [0.15, 0.2) is 0 Å². The summed E-state index contributed by atoms with van der Waals surface area (Å²) in [5.41, 5.74) is -0.659. The third kappa shape index (κ3) is 7.24. The topological polar surface area (TPSA) is 73.3 Å². The first-order chi connectivity index (χ1) is 9.05. The van der Waals surface area contributed by atoms with Crippen LogP contribution < -0.4 is 5.32 Å². The van der Waals surface area contributed by atoms with Crippen LogP contribution in [0.1, 0.15) is 25.8 Å². The minimum atomic E-state index is -4.39. The molecule has 0 aliphatic carbocycles. The summed E-state index contributed by atoms with van der Waals surface area (Å²) >= 11 is 0.911. The predicted octanol–water partition coefficient (Wildman–Crippen LogP) is 2.96. The van der Waals surface area contributed by atoms with E-state index in [2.05, 4.69) is 20.3 Å². The molecule has 10 heteroatoms. The van der Waals surface area contributed by atoms with Crippen LogP contribution in [0.5, 0.6) is 0 Å². The molecule has 1 rings (SSSR count). The lowest BCUT2D eigenvalue weighted by Gasteiger charge is -2.18. The Morgan fingerprint density at radius 1 is 1.30 bits per heavy atom. The zero-order valence-electron chi connectivity index (χ0n) is 11.1. The predicted molar refractivity (Wildman–Crippen MR) is 65.5 cm³/mol. The number of alkyl halides is 3. The molecule has 0 aromatic carbocycles. The lowest BCUT2D eigenvalue weighted by molar-refractivity contribution is -0.176. The molecule has 1 amide bonds. The second-order valence-electron chi connectivity index (χ2n) is 4.74. The summed E-state index contributed by atoms with van der Waals surface area (Å²) in [5.74, 6) is 0. The highest BCUT2D eigenvalue weighted by Gasteiger charge is 2.27. The van der Waals surface area contributed by atoms with Crippen molar-refractivity contribution in [3.8, 4) is 0 Å². The number of nitrogens with zero attached hydrogens (tertiary/aromatic N) is 2. The number of amides is 1. The summed E-state index contributed by atoms with van der Waals surface area (Å²) < 4.78 is 45.0. The van der Waals surface area contributed by atoms with Crippen LogP contribution in [0.2, 0.25) is 0 Å². The second kappa shape index (κ2) is 6.35. The van der Waals surface area contributed by atoms with Crippen molar-refractivity contribution in [2.24, 2.45) is 0 Å². The largest absolute Gasteiger partial charge is 0.444 e. The maximum absolute atomic E-state index is 11.9. The molecule has 1 aromatic heterocycles. The van der Waals surface area contributed by atoms with E-state index in [-0.39, 0.29) is 16.7 Å². The summed E-state index contributed by atoms with van der Waals surface area (Å²) in [4.78, 5) is 11.4. The van der Waals surface area contributed by atoms with Gasteiger partial charge in [-0.2, -0.15) is 13.2 Å². The van der Waals surface area contributed by atoms with Gasteiger partial charge in [-0.15, -0.1) is 10.2 Å². The number of hydrogen-bond donors (Lipinski definition) is 1. The molecule has 0 aliphatic heterocycles. The highest BCUT2D eigenvalue weighted by Crippen LogP contribution is 2.19. The standard InChI is InChI=1S/C10H14F3N3O3S/c1-9(2,3)19-8(17)14-7-16-15-6(20-7)4-18-5-10(11,12)13/h4-5H2,1-3H3,(H,14,16,17). The maximum atomic E-state index is 11.9. The second-order valence-corrected chi connectivity index (χ2v) is 5.80. The van der Waals surface area contributed by atoms with Crippen molar-refractivity contribution in [2.75, 3.05) is 11.9 Å². The number of halogens is 3. The van der Waals surface area contributed by atoms with Gasteiger partial charge in [0.15, 0.2) is 0 Å². The molecule has 0 bridgehead atoms. The van der Waals surface area contributed by atoms with Crippen LogP contribution in [0.25, 0.3) is 0 Å². The van der Waals surface area contributed by atoms with Gasteiger partial charge in [-0.05, 0) is 20.8 Å². The molecule has 0 spiro atoms. The fourth-order valence-corrected chi connectivity index (χ4v) is 1.67. The number of hydrogen-bond acceptors (Lipinski definition) is 6. The molecule has 1 N–H and O–H groups in total. The molecule has 0 unspecified atom stereocenters. The molecule has 0 aliphatic rings. The van der Waals surface area contributed by atoms with Gasteiger partial charge in [0.2, 0.25) is 5.13 Å². The van der Waals surface area contributed by atoms with Crippen molar-refractivity contribution in [2.45, 2.75) is 39.2 Å². The van der Waals surface area contributed by atoms with Crippen molar-refractivity contribution in [1.29, 1.82) is 0 Å². The quantitative estimate of drug-likeness (QED) is 0.925. The zero-order valence-corrected chi connectivity index (χ0v) is 11.9. The summed E-state index contributed by atoms with van der Waals surface area (Å²) in [6.07, 6.45) is -5.10. The fourth-order valence-electron chi connectivity index (χ4n) is 1.01. The van der Waals surface area contributed by atoms with E-state index in [0.29, 0.717) is 0 Å². The van der Waals surface area contributed by atoms with E-state index >= 15 is 0 Å². The van der Waals surface area contributed by atoms with E-state index in [1.807, 2.05) is 0 Å². The first-order valence-electron chi connectivity index (χ1n) is 5.52. The van der Waals surface area contributed by atoms with E-state index in [1.165, 1.54) is 0 Å². The van der Waals surface area contributed by atoms with Gasteiger partial charge in [0.05, 0.1) is 0 Å². The normalized spacial score (nSPS) is 12.3. The van der Waals surface area contributed by atoms with Crippen LogP contribution in [-0.4, -0.2) is 34.7 Å². The Labute approximate surface area is 117 Å². The number of carbonyl (C=O) groups excluding carboxylic acids is 1. The van der Waals surface area contributed by atoms with Crippen LogP contribution in [0.4, 0.5) is 23.1 Å². The van der Waals surface area contributed by atoms with E-state index in [0.717, 1.165) is 11.3 Å². The van der Waals surface area contributed by atoms with Crippen LogP contribution >= 0.6 is 11.3 Å². The van der Waals surface area contributed by atoms with Crippen LogP contribution in [0, 0.1) is 0 Å². The van der Waals surface area contributed by atoms with Gasteiger partial charge in [-0.3, -0.25) is 5.32 Å². The molecule has 20 heavy (non-hydrogen) atoms. The average Bonchev–Trinajstić information content (AvgIpc) is 2.60. The zero-order chi connectivity index (χ0) is 15.4. The molecule has 0 radical (unpaired) electrons. The molecule has 1 aromatic rings. The van der Waals surface area contributed by atoms with Crippen molar-refractivity contribution in [3.63, 3.8) is 0 Å². The maximum Gasteiger partial charge on any atom is 0.414 e. The van der Waals surface area contributed by atoms with E-state index in [9.17, 15) is 18.0 Å². The summed E-state index contributed by atoms with van der Waals surface area (Å²) in [6, 6.07) is 0. The first kappa shape index (κ1) is 16.6. The molecule has 0 atom stereocenters. The van der Waals surface area contributed by atoms with Crippen LogP contribution in [-0.2, 0) is 16.1 Å². The Hall–Kier alpha value is -1.42. The number of aromatic nitrogens is 2. The minimum Gasteiger partial charge on any atom is -0.444 e. The van der Waals surface area contributed by atoms with Gasteiger partial charge in [0.25, 0.3) is 0 Å². The van der Waals surface area contributed by atoms with Gasteiger partial charge >= 0.3 is 12.3 Å². The third-order valence-corrected chi connectivity index (χ3v) is 2.38. The smallest absolute Gasteiger partial charge is 0.414 e. The lowest BCUT2D eigenvalue weighted by Crippen LogP contribution is -2.27. The summed E-state index contributed by atoms with van der Waals surface area (Å²) in [5, 5.41) is 9.87. The van der Waals surface area contributed by atoms with E-state index in [4.69, 9.17) is 4.74 Å². The number of nitrogens with one attached hydrogen (secondary N) is 1. The van der Waals surface area contributed by atoms with Crippen LogP contribution in [0.3, 0.4) is 0 Å². The van der Waals surface area contributed by atoms with Crippen molar-refractivity contribution in [3.05, 3.63) is 5.01 Å². The lowest BCUT2D eigenvalue weighted by atomic mass is 10.2. The Kier molecular flexibility index (Phi) is 5.28. The highest BCUT2D eigenvalue weighted by atomic mass is 32.1. The Morgan fingerprint density at radius 2 is 1.95 bits per heavy atom. The number of anilines is 1. The summed E-state index contributed by atoms with van der Waals surface area (Å²) in [6.45, 7) is 3.41. The molecular weight excluding hydrogens is 299 g/mol. The van der Waals surface area contributed by atoms with Crippen molar-refractivity contribution in [1.82, 2.24) is 10.2 Å². The Balaban J connectivity index is 2.42. The molecule has 1 heterocycles. The van der Waals surface area contributed by atoms with Gasteiger partial charge in [-0.25, -0.2) is 4.79 Å². The van der Waals surface area contributed by atoms with E-state index < -0.39 is 24.5 Å². The first-order valence-corrected chi connectivity index (χ1v) is 6.34. The number of rotatable bonds is 4. The van der Waals surface area contributed by atoms with E-state index in [1.54, 1.807) is 20.8 Å². The number of ether oxygens (including phenoxy) is 2. The monoisotopic (exact) mass is 313 g/mol. The van der Waals surface area contributed by atoms with Gasteiger partial charge in [0, 0.05) is 0 Å². The average molecular weight is 313 g/mol. The Bertz CT molecular complexity index is 457. The molecule has 0 saturated heterocycles. The molecule has 114 valence electrons.